The molecule has 9 heteroatoms. The van der Waals surface area contributed by atoms with E-state index in [9.17, 15) is 19.7 Å². The van der Waals surface area contributed by atoms with E-state index in [4.69, 9.17) is 0 Å². The Hall–Kier alpha value is -3.62. The molecule has 0 atom stereocenters. The minimum Gasteiger partial charge on any atom is -0.466 e. The van der Waals surface area contributed by atoms with Crippen LogP contribution in [0.5, 0.6) is 0 Å². The van der Waals surface area contributed by atoms with E-state index in [2.05, 4.69) is 19.4 Å². The summed E-state index contributed by atoms with van der Waals surface area (Å²) < 4.78 is 9.08. The number of nitro groups is 1. The SMILES string of the molecule is COC(=O)C=Cc1nc(-c2cncc(C(=O)OC)c2)ccc1[N+](=O)[O-]. The maximum Gasteiger partial charge on any atom is 0.339 e. The molecule has 2 rings (SSSR count). The van der Waals surface area contributed by atoms with Crippen molar-refractivity contribution in [2.75, 3.05) is 14.2 Å². The van der Waals surface area contributed by atoms with Gasteiger partial charge in [-0.25, -0.2) is 14.6 Å². The standard InChI is InChI=1S/C16H13N3O6/c1-24-15(20)6-4-13-14(19(22)23)5-3-12(18-13)10-7-11(9-17-8-10)16(21)25-2/h3-9H,1-2H3. The van der Waals surface area contributed by atoms with Gasteiger partial charge in [0.15, 0.2) is 0 Å². The Morgan fingerprint density at radius 1 is 1.20 bits per heavy atom. The van der Waals surface area contributed by atoms with Gasteiger partial charge in [-0.3, -0.25) is 15.1 Å². The van der Waals surface area contributed by atoms with Gasteiger partial charge >= 0.3 is 11.9 Å². The van der Waals surface area contributed by atoms with Crippen molar-refractivity contribution in [1.82, 2.24) is 9.97 Å². The van der Waals surface area contributed by atoms with E-state index >= 15 is 0 Å². The molecule has 0 spiro atoms. The third-order valence-corrected chi connectivity index (χ3v) is 3.13. The van der Waals surface area contributed by atoms with E-state index in [1.54, 1.807) is 0 Å². The molecule has 0 N–H and O–H groups in total. The second kappa shape index (κ2) is 7.77. The molecule has 128 valence electrons. The molecule has 0 saturated heterocycles. The fourth-order valence-electron chi connectivity index (χ4n) is 1.93. The smallest absolute Gasteiger partial charge is 0.339 e. The maximum absolute atomic E-state index is 11.6. The molecule has 0 fully saturated rings. The molecule has 0 aliphatic carbocycles. The van der Waals surface area contributed by atoms with Gasteiger partial charge in [-0.15, -0.1) is 0 Å². The first-order valence-electron chi connectivity index (χ1n) is 6.91. The maximum atomic E-state index is 11.6. The molecule has 0 bridgehead atoms. The lowest BCUT2D eigenvalue weighted by Crippen LogP contribution is -2.02. The van der Waals surface area contributed by atoms with Crippen LogP contribution in [0.25, 0.3) is 17.3 Å². The highest BCUT2D eigenvalue weighted by Crippen LogP contribution is 2.24. The molecule has 0 unspecified atom stereocenters. The number of carbonyl (C=O) groups excluding carboxylic acids is 2. The molecule has 0 saturated carbocycles. The van der Waals surface area contributed by atoms with Crippen molar-refractivity contribution in [3.63, 3.8) is 0 Å². The first-order valence-corrected chi connectivity index (χ1v) is 6.91. The number of pyridine rings is 2. The number of hydrogen-bond donors (Lipinski definition) is 0. The van der Waals surface area contributed by atoms with Crippen molar-refractivity contribution in [3.8, 4) is 11.3 Å². The highest BCUT2D eigenvalue weighted by Gasteiger charge is 2.16. The predicted molar refractivity (Wildman–Crippen MR) is 86.5 cm³/mol. The van der Waals surface area contributed by atoms with Gasteiger partial charge in [0.25, 0.3) is 5.69 Å². The fraction of sp³-hybridized carbons (Fsp3) is 0.125. The first kappa shape index (κ1) is 17.7. The molecule has 0 amide bonds. The van der Waals surface area contributed by atoms with E-state index in [-0.39, 0.29) is 16.9 Å². The summed E-state index contributed by atoms with van der Waals surface area (Å²) in [5.41, 5.74) is 0.711. The first-order chi connectivity index (χ1) is 12.0. The number of hydrogen-bond acceptors (Lipinski definition) is 8. The number of esters is 2. The molecular formula is C16H13N3O6. The second-order valence-corrected chi connectivity index (χ2v) is 4.67. The predicted octanol–water partition coefficient (Wildman–Crippen LogP) is 2.02. The average molecular weight is 343 g/mol. The summed E-state index contributed by atoms with van der Waals surface area (Å²) in [6.45, 7) is 0. The van der Waals surface area contributed by atoms with Crippen LogP contribution in [0.4, 0.5) is 5.69 Å². The van der Waals surface area contributed by atoms with Crippen molar-refractivity contribution in [2.45, 2.75) is 0 Å². The van der Waals surface area contributed by atoms with Crippen LogP contribution in [0.2, 0.25) is 0 Å². The van der Waals surface area contributed by atoms with Crippen LogP contribution in [0.15, 0.2) is 36.7 Å². The average Bonchev–Trinajstić information content (AvgIpc) is 2.65. The van der Waals surface area contributed by atoms with Crippen LogP contribution in [0.3, 0.4) is 0 Å². The Morgan fingerprint density at radius 2 is 1.96 bits per heavy atom. The molecule has 0 aromatic carbocycles. The zero-order chi connectivity index (χ0) is 18.4. The van der Waals surface area contributed by atoms with Gasteiger partial charge in [0.05, 0.1) is 30.4 Å². The lowest BCUT2D eigenvalue weighted by atomic mass is 10.1. The highest BCUT2D eigenvalue weighted by atomic mass is 16.6. The van der Waals surface area contributed by atoms with Crippen molar-refractivity contribution < 1.29 is 24.0 Å². The third-order valence-electron chi connectivity index (χ3n) is 3.13. The van der Waals surface area contributed by atoms with Crippen molar-refractivity contribution in [1.29, 1.82) is 0 Å². The van der Waals surface area contributed by atoms with Gasteiger partial charge in [-0.05, 0) is 18.2 Å². The monoisotopic (exact) mass is 343 g/mol. The summed E-state index contributed by atoms with van der Waals surface area (Å²) in [6.07, 6.45) is 5.00. The Balaban J connectivity index is 2.49. The molecule has 0 aliphatic heterocycles. The molecule has 0 radical (unpaired) electrons. The number of ether oxygens (including phenoxy) is 2. The number of rotatable bonds is 5. The Morgan fingerprint density at radius 3 is 2.60 bits per heavy atom. The molecule has 2 heterocycles. The lowest BCUT2D eigenvalue weighted by Gasteiger charge is -2.05. The van der Waals surface area contributed by atoms with Crippen LogP contribution in [-0.2, 0) is 14.3 Å². The molecule has 25 heavy (non-hydrogen) atoms. The zero-order valence-electron chi connectivity index (χ0n) is 13.3. The summed E-state index contributed by atoms with van der Waals surface area (Å²) in [4.78, 5) is 41.4. The van der Waals surface area contributed by atoms with Gasteiger partial charge < -0.3 is 9.47 Å². The largest absolute Gasteiger partial charge is 0.466 e. The van der Waals surface area contributed by atoms with Crippen LogP contribution < -0.4 is 0 Å². The molecule has 9 nitrogen and oxygen atoms in total. The van der Waals surface area contributed by atoms with Gasteiger partial charge in [0.2, 0.25) is 0 Å². The van der Waals surface area contributed by atoms with Crippen LogP contribution in [0.1, 0.15) is 16.1 Å². The van der Waals surface area contributed by atoms with Gasteiger partial charge in [0, 0.05) is 30.1 Å². The number of methoxy groups -OCH3 is 2. The molecular weight excluding hydrogens is 330 g/mol. The summed E-state index contributed by atoms with van der Waals surface area (Å²) in [7, 11) is 2.43. The van der Waals surface area contributed by atoms with E-state index in [0.29, 0.717) is 11.3 Å². The Labute approximate surface area is 142 Å². The molecule has 0 aliphatic rings. The normalized spacial score (nSPS) is 10.5. The van der Waals surface area contributed by atoms with Gasteiger partial charge in [0.1, 0.15) is 5.69 Å². The van der Waals surface area contributed by atoms with Gasteiger partial charge in [-0.2, -0.15) is 0 Å². The van der Waals surface area contributed by atoms with E-state index in [1.807, 2.05) is 0 Å². The Kier molecular flexibility index (Phi) is 5.51. The number of nitrogens with zero attached hydrogens (tertiary/aromatic N) is 3. The number of aromatic nitrogens is 2. The van der Waals surface area contributed by atoms with Crippen LogP contribution in [-0.4, -0.2) is 41.0 Å². The van der Waals surface area contributed by atoms with Crippen molar-refractivity contribution in [3.05, 3.63) is 58.0 Å². The van der Waals surface area contributed by atoms with E-state index in [1.165, 1.54) is 50.9 Å². The fourth-order valence-corrected chi connectivity index (χ4v) is 1.93. The van der Waals surface area contributed by atoms with Crippen LogP contribution in [0, 0.1) is 10.1 Å². The minimum absolute atomic E-state index is 0.0311. The summed E-state index contributed by atoms with van der Waals surface area (Å²) in [6, 6.07) is 4.18. The Bertz CT molecular complexity index is 863. The molecule has 2 aromatic rings. The molecule has 2 aromatic heterocycles. The van der Waals surface area contributed by atoms with Crippen LogP contribution >= 0.6 is 0 Å². The van der Waals surface area contributed by atoms with Crippen molar-refractivity contribution in [2.24, 2.45) is 0 Å². The van der Waals surface area contributed by atoms with E-state index < -0.39 is 16.9 Å². The second-order valence-electron chi connectivity index (χ2n) is 4.67. The van der Waals surface area contributed by atoms with Gasteiger partial charge in [-0.1, -0.05) is 0 Å². The topological polar surface area (TPSA) is 122 Å². The summed E-state index contributed by atoms with van der Waals surface area (Å²) >= 11 is 0. The summed E-state index contributed by atoms with van der Waals surface area (Å²) in [5, 5.41) is 11.1. The quantitative estimate of drug-likeness (QED) is 0.350. The minimum atomic E-state index is -0.671. The van der Waals surface area contributed by atoms with Crippen molar-refractivity contribution >= 4 is 23.7 Å². The summed E-state index contributed by atoms with van der Waals surface area (Å²) in [5.74, 6) is -1.24. The lowest BCUT2D eigenvalue weighted by molar-refractivity contribution is -0.385. The third kappa shape index (κ3) is 4.22. The zero-order valence-corrected chi connectivity index (χ0v) is 13.3. The van der Waals surface area contributed by atoms with E-state index in [0.717, 1.165) is 6.08 Å². The number of carbonyl (C=O) groups is 2. The highest BCUT2D eigenvalue weighted by molar-refractivity contribution is 5.90.